The summed E-state index contributed by atoms with van der Waals surface area (Å²) >= 11 is 0. The van der Waals surface area contributed by atoms with Crippen molar-refractivity contribution < 1.29 is 19.1 Å². The quantitative estimate of drug-likeness (QED) is 0.186. The first kappa shape index (κ1) is 33.2. The van der Waals surface area contributed by atoms with Gasteiger partial charge in [0.05, 0.1) is 14.2 Å². The van der Waals surface area contributed by atoms with Crippen molar-refractivity contribution in [2.75, 3.05) is 50.2 Å². The smallest absolute Gasteiger partial charge is 0.317 e. The number of rotatable bonds is 10. The molecule has 0 aliphatic carbocycles. The Morgan fingerprint density at radius 2 is 0.875 bits per heavy atom. The zero-order valence-electron chi connectivity index (χ0n) is 28.0. The lowest BCUT2D eigenvalue weighted by Gasteiger charge is -2.41. The second kappa shape index (κ2) is 16.0. The topological polar surface area (TPSA) is 65.6 Å². The van der Waals surface area contributed by atoms with E-state index in [0.717, 1.165) is 65.0 Å². The van der Waals surface area contributed by atoms with Crippen molar-refractivity contribution in [3.63, 3.8) is 0 Å². The summed E-state index contributed by atoms with van der Waals surface area (Å²) in [5, 5.41) is 0. The summed E-state index contributed by atoms with van der Waals surface area (Å²) in [6.07, 6.45) is 3.10. The van der Waals surface area contributed by atoms with Crippen LogP contribution in [0.1, 0.15) is 36.8 Å². The monoisotopic (exact) mass is 646 g/mol. The Balaban J connectivity index is 1.23. The van der Waals surface area contributed by atoms with Crippen LogP contribution in [0.25, 0.3) is 0 Å². The normalized spacial score (nSPS) is 16.3. The highest BCUT2D eigenvalue weighted by Crippen LogP contribution is 2.31. The zero-order chi connectivity index (χ0) is 33.3. The van der Waals surface area contributed by atoms with Gasteiger partial charge in [-0.2, -0.15) is 0 Å². The number of carbonyl (C=O) groups is 2. The molecule has 2 heterocycles. The van der Waals surface area contributed by atoms with Gasteiger partial charge in [-0.1, -0.05) is 60.7 Å². The lowest BCUT2D eigenvalue weighted by atomic mass is 9.99. The van der Waals surface area contributed by atoms with E-state index in [2.05, 4.69) is 58.3 Å². The van der Waals surface area contributed by atoms with Crippen LogP contribution in [-0.2, 0) is 22.7 Å². The molecule has 4 aromatic carbocycles. The summed E-state index contributed by atoms with van der Waals surface area (Å²) in [4.78, 5) is 37.6. The molecule has 0 bridgehead atoms. The second-order valence-electron chi connectivity index (χ2n) is 12.7. The summed E-state index contributed by atoms with van der Waals surface area (Å²) in [6.45, 7) is 5.12. The molecule has 0 unspecified atom stereocenters. The van der Waals surface area contributed by atoms with Crippen molar-refractivity contribution >= 4 is 23.2 Å². The van der Waals surface area contributed by atoms with Crippen molar-refractivity contribution in [1.82, 2.24) is 9.80 Å². The van der Waals surface area contributed by atoms with Crippen molar-refractivity contribution in [2.24, 2.45) is 0 Å². The number of nitrogens with zero attached hydrogens (tertiary/aromatic N) is 4. The second-order valence-corrected chi connectivity index (χ2v) is 12.7. The van der Waals surface area contributed by atoms with Gasteiger partial charge in [0.25, 0.3) is 0 Å². The Labute approximate surface area is 284 Å². The summed E-state index contributed by atoms with van der Waals surface area (Å²) < 4.78 is 10.8. The van der Waals surface area contributed by atoms with Crippen LogP contribution in [0.3, 0.4) is 0 Å². The fourth-order valence-electron chi connectivity index (χ4n) is 7.03. The maximum absolute atomic E-state index is 14.6. The van der Waals surface area contributed by atoms with Crippen LogP contribution in [0.5, 0.6) is 11.5 Å². The third-order valence-corrected chi connectivity index (χ3v) is 9.66. The number of carbonyl (C=O) groups excluding carboxylic acids is 2. The van der Waals surface area contributed by atoms with Gasteiger partial charge in [-0.3, -0.25) is 19.4 Å². The standard InChI is InChI=1S/C40H46N4O4/c1-47-37-17-13-33(14-18-37)43(35-21-25-41(26-22-35)29-31-9-5-3-6-10-31)39(45)40(46)44(34-15-19-38(48-2)20-16-34)36-23-27-42(28-24-36)30-32-11-7-4-8-12-32/h3-20,35-36H,21-30H2,1-2H3. The Morgan fingerprint density at radius 1 is 0.542 bits per heavy atom. The Hall–Kier alpha value is -4.66. The Morgan fingerprint density at radius 3 is 1.19 bits per heavy atom. The SMILES string of the molecule is COc1ccc(N(C(=O)C(=O)N(c2ccc(OC)cc2)C2CCN(Cc3ccccc3)CC2)C2CCN(Cc3ccccc3)CC2)cc1. The van der Waals surface area contributed by atoms with Crippen LogP contribution in [0.15, 0.2) is 109 Å². The van der Waals surface area contributed by atoms with E-state index in [9.17, 15) is 9.59 Å². The summed E-state index contributed by atoms with van der Waals surface area (Å²) in [5.41, 5.74) is 3.98. The molecule has 48 heavy (non-hydrogen) atoms. The highest BCUT2D eigenvalue weighted by Gasteiger charge is 2.38. The summed E-state index contributed by atoms with van der Waals surface area (Å²) in [5.74, 6) is 0.419. The molecule has 2 fully saturated rings. The van der Waals surface area contributed by atoms with Crippen LogP contribution in [0.4, 0.5) is 11.4 Å². The minimum Gasteiger partial charge on any atom is -0.497 e. The number of piperidine rings is 2. The third kappa shape index (κ3) is 8.06. The molecule has 0 N–H and O–H groups in total. The maximum atomic E-state index is 14.6. The van der Waals surface area contributed by atoms with E-state index < -0.39 is 11.8 Å². The van der Waals surface area contributed by atoms with E-state index in [1.807, 2.05) is 60.7 Å². The first-order valence-corrected chi connectivity index (χ1v) is 17.0. The fraction of sp³-hybridized carbons (Fsp3) is 0.350. The number of hydrogen-bond donors (Lipinski definition) is 0. The number of amides is 2. The van der Waals surface area contributed by atoms with Gasteiger partial charge in [-0.25, -0.2) is 0 Å². The number of anilines is 2. The molecule has 8 heteroatoms. The first-order valence-electron chi connectivity index (χ1n) is 17.0. The number of ether oxygens (including phenoxy) is 2. The van der Waals surface area contributed by atoms with Gasteiger partial charge in [0.1, 0.15) is 11.5 Å². The van der Waals surface area contributed by atoms with E-state index in [-0.39, 0.29) is 12.1 Å². The molecular formula is C40H46N4O4. The van der Waals surface area contributed by atoms with E-state index in [1.165, 1.54) is 11.1 Å². The molecule has 0 aromatic heterocycles. The molecule has 250 valence electrons. The molecule has 0 radical (unpaired) electrons. The van der Waals surface area contributed by atoms with Gasteiger partial charge < -0.3 is 19.3 Å². The summed E-state index contributed by atoms with van der Waals surface area (Å²) in [6, 6.07) is 35.7. The van der Waals surface area contributed by atoms with Crippen LogP contribution < -0.4 is 19.3 Å². The average molecular weight is 647 g/mol. The predicted octanol–water partition coefficient (Wildman–Crippen LogP) is 6.40. The molecule has 2 amide bonds. The van der Waals surface area contributed by atoms with Gasteiger partial charge >= 0.3 is 11.8 Å². The van der Waals surface area contributed by atoms with Gasteiger partial charge in [-0.15, -0.1) is 0 Å². The van der Waals surface area contributed by atoms with Crippen molar-refractivity contribution in [3.05, 3.63) is 120 Å². The number of benzene rings is 4. The van der Waals surface area contributed by atoms with Gasteiger partial charge in [0.2, 0.25) is 0 Å². The summed E-state index contributed by atoms with van der Waals surface area (Å²) in [7, 11) is 3.25. The molecule has 0 atom stereocenters. The van der Waals surface area contributed by atoms with E-state index >= 15 is 0 Å². The van der Waals surface area contributed by atoms with Crippen molar-refractivity contribution in [2.45, 2.75) is 50.9 Å². The van der Waals surface area contributed by atoms with E-state index in [1.54, 1.807) is 24.0 Å². The molecule has 0 spiro atoms. The largest absolute Gasteiger partial charge is 0.497 e. The van der Waals surface area contributed by atoms with Crippen LogP contribution in [-0.4, -0.2) is 74.1 Å². The van der Waals surface area contributed by atoms with E-state index in [0.29, 0.717) is 22.9 Å². The highest BCUT2D eigenvalue weighted by atomic mass is 16.5. The highest BCUT2D eigenvalue weighted by molar-refractivity contribution is 6.45. The lowest BCUT2D eigenvalue weighted by molar-refractivity contribution is -0.136. The minimum atomic E-state index is -0.496. The molecule has 2 aliphatic heterocycles. The molecule has 2 aliphatic rings. The van der Waals surface area contributed by atoms with E-state index in [4.69, 9.17) is 9.47 Å². The van der Waals surface area contributed by atoms with Gasteiger partial charge in [0, 0.05) is 62.7 Å². The van der Waals surface area contributed by atoms with Crippen LogP contribution >= 0.6 is 0 Å². The third-order valence-electron chi connectivity index (χ3n) is 9.66. The number of likely N-dealkylation sites (tertiary alicyclic amines) is 2. The van der Waals surface area contributed by atoms with Crippen LogP contribution in [0.2, 0.25) is 0 Å². The first-order chi connectivity index (χ1) is 23.5. The zero-order valence-corrected chi connectivity index (χ0v) is 28.0. The molecular weight excluding hydrogens is 600 g/mol. The Bertz CT molecular complexity index is 1480. The van der Waals surface area contributed by atoms with Crippen molar-refractivity contribution in [3.8, 4) is 11.5 Å². The van der Waals surface area contributed by atoms with Gasteiger partial charge in [-0.05, 0) is 85.3 Å². The van der Waals surface area contributed by atoms with Gasteiger partial charge in [0.15, 0.2) is 0 Å². The fourth-order valence-corrected chi connectivity index (χ4v) is 7.03. The number of methoxy groups -OCH3 is 2. The Kier molecular flexibility index (Phi) is 11.1. The number of hydrogen-bond acceptors (Lipinski definition) is 6. The molecule has 4 aromatic rings. The predicted molar refractivity (Wildman–Crippen MR) is 190 cm³/mol. The molecule has 0 saturated carbocycles. The van der Waals surface area contributed by atoms with Crippen molar-refractivity contribution in [1.29, 1.82) is 0 Å². The molecule has 2 saturated heterocycles. The minimum absolute atomic E-state index is 0.104. The maximum Gasteiger partial charge on any atom is 0.317 e. The molecule has 8 nitrogen and oxygen atoms in total. The molecule has 6 rings (SSSR count). The average Bonchev–Trinajstić information content (AvgIpc) is 3.14. The lowest BCUT2D eigenvalue weighted by Crippen LogP contribution is -2.56. The van der Waals surface area contributed by atoms with Crippen LogP contribution in [0, 0.1) is 0 Å².